The first-order valence-corrected chi connectivity index (χ1v) is 3.88. The van der Waals surface area contributed by atoms with Crippen LogP contribution in [0.1, 0.15) is 10.4 Å². The van der Waals surface area contributed by atoms with Gasteiger partial charge in [0.2, 0.25) is 5.56 Å². The fourth-order valence-electron chi connectivity index (χ4n) is 1.32. The van der Waals surface area contributed by atoms with Crippen molar-refractivity contribution < 1.29 is 9.90 Å². The molecule has 0 radical (unpaired) electrons. The third-order valence-corrected chi connectivity index (χ3v) is 1.98. The highest BCUT2D eigenvalue weighted by molar-refractivity contribution is 6.01. The number of carboxylic acids is 1. The largest absolute Gasteiger partial charge is 0.478 e. The topological polar surface area (TPSA) is 88.0 Å². The van der Waals surface area contributed by atoms with Crippen LogP contribution in [0.2, 0.25) is 0 Å². The number of aromatic amines is 1. The maximum Gasteiger partial charge on any atom is 0.336 e. The van der Waals surface area contributed by atoms with Crippen molar-refractivity contribution in [2.75, 3.05) is 0 Å². The predicted octanol–water partition coefficient (Wildman–Crippen LogP) is -0.0402. The molecule has 0 bridgehead atoms. The molecule has 2 aromatic heterocycles. The summed E-state index contributed by atoms with van der Waals surface area (Å²) in [5.41, 5.74) is -0.0646. The van der Waals surface area contributed by atoms with E-state index in [1.165, 1.54) is 10.9 Å². The molecule has 0 atom stereocenters. The second-order valence-corrected chi connectivity index (χ2v) is 2.88. The molecule has 0 aliphatic rings. The molecular formula is C8H7N3O3. The van der Waals surface area contributed by atoms with Crippen molar-refractivity contribution in [3.63, 3.8) is 0 Å². The number of H-pyrrole nitrogens is 1. The molecule has 0 aliphatic carbocycles. The van der Waals surface area contributed by atoms with Crippen LogP contribution in [0, 0.1) is 0 Å². The number of pyridine rings is 1. The summed E-state index contributed by atoms with van der Waals surface area (Å²) >= 11 is 0. The van der Waals surface area contributed by atoms with E-state index < -0.39 is 11.5 Å². The second kappa shape index (κ2) is 2.69. The summed E-state index contributed by atoms with van der Waals surface area (Å²) in [6.45, 7) is 0. The van der Waals surface area contributed by atoms with Crippen LogP contribution in [0.5, 0.6) is 0 Å². The first kappa shape index (κ1) is 8.49. The monoisotopic (exact) mass is 193 g/mol. The van der Waals surface area contributed by atoms with Gasteiger partial charge in [-0.05, 0) is 0 Å². The number of hydrogen-bond acceptors (Lipinski definition) is 3. The van der Waals surface area contributed by atoms with Crippen molar-refractivity contribution in [1.82, 2.24) is 14.8 Å². The molecule has 6 nitrogen and oxygen atoms in total. The summed E-state index contributed by atoms with van der Waals surface area (Å²) in [5, 5.41) is 13.1. The maximum absolute atomic E-state index is 11.1. The van der Waals surface area contributed by atoms with Crippen LogP contribution < -0.4 is 5.56 Å². The lowest BCUT2D eigenvalue weighted by atomic mass is 10.2. The average Bonchev–Trinajstić information content (AvgIpc) is 2.47. The van der Waals surface area contributed by atoms with Gasteiger partial charge in [-0.15, -0.1) is 0 Å². The molecule has 14 heavy (non-hydrogen) atoms. The maximum atomic E-state index is 11.1. The van der Waals surface area contributed by atoms with Crippen LogP contribution in [0.15, 0.2) is 17.1 Å². The summed E-state index contributed by atoms with van der Waals surface area (Å²) in [7, 11) is 1.63. The van der Waals surface area contributed by atoms with Crippen molar-refractivity contribution in [3.05, 3.63) is 28.2 Å². The summed E-state index contributed by atoms with van der Waals surface area (Å²) < 4.78 is 1.42. The normalized spacial score (nSPS) is 10.6. The molecule has 0 unspecified atom stereocenters. The van der Waals surface area contributed by atoms with Gasteiger partial charge < -0.3 is 10.1 Å². The van der Waals surface area contributed by atoms with Gasteiger partial charge in [-0.1, -0.05) is 0 Å². The van der Waals surface area contributed by atoms with Crippen LogP contribution in [0.4, 0.5) is 0 Å². The van der Waals surface area contributed by atoms with Crippen LogP contribution in [0.3, 0.4) is 0 Å². The zero-order chi connectivity index (χ0) is 10.3. The smallest absolute Gasteiger partial charge is 0.336 e. The molecular weight excluding hydrogens is 186 g/mol. The van der Waals surface area contributed by atoms with Crippen LogP contribution in [0.25, 0.3) is 11.0 Å². The van der Waals surface area contributed by atoms with Crippen molar-refractivity contribution >= 4 is 17.0 Å². The van der Waals surface area contributed by atoms with Crippen molar-refractivity contribution in [3.8, 4) is 0 Å². The Balaban J connectivity index is 2.96. The van der Waals surface area contributed by atoms with Gasteiger partial charge in [0.1, 0.15) is 5.65 Å². The van der Waals surface area contributed by atoms with Gasteiger partial charge in [-0.3, -0.25) is 9.48 Å². The van der Waals surface area contributed by atoms with E-state index in [4.69, 9.17) is 5.11 Å². The first-order chi connectivity index (χ1) is 6.59. The summed E-state index contributed by atoms with van der Waals surface area (Å²) in [6.07, 6.45) is 1.41. The van der Waals surface area contributed by atoms with Crippen molar-refractivity contribution in [2.24, 2.45) is 7.05 Å². The van der Waals surface area contributed by atoms with Gasteiger partial charge in [-0.2, -0.15) is 5.10 Å². The number of nitrogens with zero attached hydrogens (tertiary/aromatic N) is 2. The Morgan fingerprint density at radius 1 is 1.64 bits per heavy atom. The van der Waals surface area contributed by atoms with E-state index in [9.17, 15) is 9.59 Å². The van der Waals surface area contributed by atoms with E-state index in [-0.39, 0.29) is 5.56 Å². The quantitative estimate of drug-likeness (QED) is 0.665. The molecule has 0 spiro atoms. The number of fused-ring (bicyclic) bond motifs is 1. The highest BCUT2D eigenvalue weighted by Crippen LogP contribution is 2.12. The third-order valence-electron chi connectivity index (χ3n) is 1.98. The first-order valence-electron chi connectivity index (χ1n) is 3.88. The van der Waals surface area contributed by atoms with E-state index in [1.54, 1.807) is 7.05 Å². The van der Waals surface area contributed by atoms with Gasteiger partial charge in [0.15, 0.2) is 0 Å². The molecule has 2 N–H and O–H groups in total. The molecule has 0 saturated carbocycles. The standard InChI is InChI=1S/C8H7N3O3/c1-11-7-5(3-9-11)4(8(13)14)2-6(12)10-7/h2-3H,1H3,(H,10,12)(H,13,14). The number of carbonyl (C=O) groups is 1. The van der Waals surface area contributed by atoms with Crippen molar-refractivity contribution in [1.29, 1.82) is 0 Å². The molecule has 2 aromatic rings. The van der Waals surface area contributed by atoms with Gasteiger partial charge in [0, 0.05) is 13.1 Å². The Bertz CT molecular complexity index is 567. The summed E-state index contributed by atoms with van der Waals surface area (Å²) in [6, 6.07) is 1.05. The third kappa shape index (κ3) is 1.08. The minimum atomic E-state index is -1.13. The Labute approximate surface area is 77.8 Å². The fraction of sp³-hybridized carbons (Fsp3) is 0.125. The van der Waals surface area contributed by atoms with Crippen LogP contribution >= 0.6 is 0 Å². The molecule has 2 heterocycles. The Morgan fingerprint density at radius 2 is 2.36 bits per heavy atom. The Morgan fingerprint density at radius 3 is 3.00 bits per heavy atom. The van der Waals surface area contributed by atoms with Gasteiger partial charge in [0.05, 0.1) is 17.1 Å². The average molecular weight is 193 g/mol. The second-order valence-electron chi connectivity index (χ2n) is 2.88. The molecule has 72 valence electrons. The molecule has 2 rings (SSSR count). The molecule has 0 amide bonds. The molecule has 0 aromatic carbocycles. The number of rotatable bonds is 1. The lowest BCUT2D eigenvalue weighted by Crippen LogP contribution is -2.10. The van der Waals surface area contributed by atoms with Crippen LogP contribution in [-0.4, -0.2) is 25.8 Å². The van der Waals surface area contributed by atoms with Gasteiger partial charge >= 0.3 is 5.97 Å². The number of aromatic carboxylic acids is 1. The van der Waals surface area contributed by atoms with E-state index in [2.05, 4.69) is 10.1 Å². The highest BCUT2D eigenvalue weighted by atomic mass is 16.4. The minimum Gasteiger partial charge on any atom is -0.478 e. The zero-order valence-electron chi connectivity index (χ0n) is 7.31. The Kier molecular flexibility index (Phi) is 1.63. The Hall–Kier alpha value is -2.11. The fourth-order valence-corrected chi connectivity index (χ4v) is 1.32. The summed E-state index contributed by atoms with van der Waals surface area (Å²) in [4.78, 5) is 24.4. The lowest BCUT2D eigenvalue weighted by Gasteiger charge is -1.96. The van der Waals surface area contributed by atoms with E-state index in [1.807, 2.05) is 0 Å². The number of nitrogens with one attached hydrogen (secondary N) is 1. The number of hydrogen-bond donors (Lipinski definition) is 2. The van der Waals surface area contributed by atoms with Crippen molar-refractivity contribution in [2.45, 2.75) is 0 Å². The van der Waals surface area contributed by atoms with E-state index in [0.717, 1.165) is 6.07 Å². The highest BCUT2D eigenvalue weighted by Gasteiger charge is 2.12. The number of aryl methyl sites for hydroxylation is 1. The molecule has 0 fully saturated rings. The van der Waals surface area contributed by atoms with Crippen LogP contribution in [-0.2, 0) is 7.05 Å². The predicted molar refractivity (Wildman–Crippen MR) is 48.3 cm³/mol. The minimum absolute atomic E-state index is 0.0307. The summed E-state index contributed by atoms with van der Waals surface area (Å²) in [5.74, 6) is -1.13. The molecule has 0 aliphatic heterocycles. The zero-order valence-corrected chi connectivity index (χ0v) is 7.31. The number of carboxylic acid groups (broad SMARTS) is 1. The molecule has 0 saturated heterocycles. The van der Waals surface area contributed by atoms with Gasteiger partial charge in [-0.25, -0.2) is 4.79 Å². The van der Waals surface area contributed by atoms with E-state index >= 15 is 0 Å². The van der Waals surface area contributed by atoms with Gasteiger partial charge in [0.25, 0.3) is 0 Å². The molecule has 6 heteroatoms. The SMILES string of the molecule is Cn1ncc2c(C(=O)O)cc(=O)[nH]c21. The van der Waals surface area contributed by atoms with E-state index in [0.29, 0.717) is 11.0 Å². The lowest BCUT2D eigenvalue weighted by molar-refractivity contribution is 0.0699. The number of aromatic nitrogens is 3.